The number of hydrogen-bond acceptors (Lipinski definition) is 4. The molecule has 6 rings (SSSR count). The average Bonchev–Trinajstić information content (AvgIpc) is 2.92. The molecule has 5 aliphatic carbocycles. The molecule has 1 aromatic carbocycles. The Morgan fingerprint density at radius 1 is 0.878 bits per heavy atom. The zero-order chi connectivity index (χ0) is 29.6. The van der Waals surface area contributed by atoms with Gasteiger partial charge in [0.05, 0.1) is 5.57 Å². The summed E-state index contributed by atoms with van der Waals surface area (Å²) in [6, 6.07) is 13.1. The van der Waals surface area contributed by atoms with Crippen LogP contribution >= 0.6 is 11.8 Å². The molecule has 220 valence electrons. The SMILES string of the molecule is CC1(C)CC[C@]2(CSc3ccccc3)CC[C@]3(C)C(C(=O)C[C@@H]4[C@@]5(C)C=C(C#N)C(=O)C(C)(C)[C@@H]5CC[C@]43C)[C@H]2C1. The number of thioether (sulfide) groups is 1. The van der Waals surface area contributed by atoms with Crippen molar-refractivity contribution in [3.63, 3.8) is 0 Å². The number of Topliss-reactive ketones (excluding diaryl/α,β-unsaturated/α-hetero) is 2. The highest BCUT2D eigenvalue weighted by molar-refractivity contribution is 7.99. The number of hydrogen-bond donors (Lipinski definition) is 0. The van der Waals surface area contributed by atoms with Gasteiger partial charge in [-0.05, 0) is 102 Å². The van der Waals surface area contributed by atoms with E-state index in [1.807, 2.05) is 31.7 Å². The van der Waals surface area contributed by atoms with Gasteiger partial charge in [0.2, 0.25) is 0 Å². The number of benzene rings is 1. The lowest BCUT2D eigenvalue weighted by Gasteiger charge is -2.72. The monoisotopic (exact) mass is 571 g/mol. The van der Waals surface area contributed by atoms with E-state index in [1.165, 1.54) is 24.2 Å². The molecular weight excluding hydrogens is 522 g/mol. The average molecular weight is 572 g/mol. The van der Waals surface area contributed by atoms with Crippen LogP contribution in [0.4, 0.5) is 0 Å². The third-order valence-electron chi connectivity index (χ3n) is 13.9. The van der Waals surface area contributed by atoms with Crippen LogP contribution in [0.25, 0.3) is 0 Å². The molecule has 4 fully saturated rings. The van der Waals surface area contributed by atoms with E-state index in [2.05, 4.69) is 71.0 Å². The molecule has 0 spiro atoms. The number of nitriles is 1. The fourth-order valence-corrected chi connectivity index (χ4v) is 12.7. The van der Waals surface area contributed by atoms with E-state index < -0.39 is 5.41 Å². The Kier molecular flexibility index (Phi) is 6.64. The topological polar surface area (TPSA) is 57.9 Å². The molecule has 0 aliphatic heterocycles. The van der Waals surface area contributed by atoms with Gasteiger partial charge in [0.25, 0.3) is 0 Å². The zero-order valence-electron chi connectivity index (χ0n) is 26.3. The fourth-order valence-electron chi connectivity index (χ4n) is 11.4. The maximum absolute atomic E-state index is 14.7. The van der Waals surface area contributed by atoms with Crippen molar-refractivity contribution < 1.29 is 9.59 Å². The second kappa shape index (κ2) is 9.32. The molecule has 0 N–H and O–H groups in total. The van der Waals surface area contributed by atoms with Gasteiger partial charge in [0, 0.05) is 28.4 Å². The third kappa shape index (κ3) is 4.03. The summed E-state index contributed by atoms with van der Waals surface area (Å²) in [7, 11) is 0. The molecule has 0 aromatic heterocycles. The molecule has 0 radical (unpaired) electrons. The van der Waals surface area contributed by atoms with Crippen LogP contribution in [0, 0.1) is 67.5 Å². The van der Waals surface area contributed by atoms with Crippen molar-refractivity contribution in [2.45, 2.75) is 105 Å². The summed E-state index contributed by atoms with van der Waals surface area (Å²) >= 11 is 2.00. The molecule has 1 aromatic rings. The summed E-state index contributed by atoms with van der Waals surface area (Å²) in [6.07, 6.45) is 10.5. The maximum Gasteiger partial charge on any atom is 0.178 e. The van der Waals surface area contributed by atoms with Gasteiger partial charge >= 0.3 is 0 Å². The Labute approximate surface area is 252 Å². The second-order valence-corrected chi connectivity index (χ2v) is 17.7. The van der Waals surface area contributed by atoms with Crippen molar-refractivity contribution in [2.75, 3.05) is 5.75 Å². The van der Waals surface area contributed by atoms with E-state index >= 15 is 0 Å². The summed E-state index contributed by atoms with van der Waals surface area (Å²) in [5, 5.41) is 9.98. The number of allylic oxidation sites excluding steroid dienone is 2. The number of nitrogens with zero attached hydrogens (tertiary/aromatic N) is 1. The Morgan fingerprint density at radius 3 is 2.24 bits per heavy atom. The molecule has 0 amide bonds. The van der Waals surface area contributed by atoms with Crippen LogP contribution in [-0.2, 0) is 9.59 Å². The van der Waals surface area contributed by atoms with Gasteiger partial charge in [-0.15, -0.1) is 11.8 Å². The molecule has 1 unspecified atom stereocenters. The van der Waals surface area contributed by atoms with Crippen LogP contribution in [0.1, 0.15) is 99.8 Å². The minimum absolute atomic E-state index is 0.00924. The van der Waals surface area contributed by atoms with Gasteiger partial charge in [-0.1, -0.05) is 72.7 Å². The van der Waals surface area contributed by atoms with E-state index in [9.17, 15) is 14.9 Å². The quantitative estimate of drug-likeness (QED) is 0.340. The highest BCUT2D eigenvalue weighted by Crippen LogP contribution is 2.76. The minimum Gasteiger partial charge on any atom is -0.299 e. The molecule has 4 saturated carbocycles. The Hall–Kier alpha value is -1.86. The first-order valence-electron chi connectivity index (χ1n) is 16.0. The predicted molar refractivity (Wildman–Crippen MR) is 166 cm³/mol. The molecule has 8 atom stereocenters. The molecule has 3 nitrogen and oxygen atoms in total. The second-order valence-electron chi connectivity index (χ2n) is 16.7. The highest BCUT2D eigenvalue weighted by Gasteiger charge is 2.72. The zero-order valence-corrected chi connectivity index (χ0v) is 27.1. The minimum atomic E-state index is -0.583. The lowest BCUT2D eigenvalue weighted by atomic mass is 9.31. The first kappa shape index (κ1) is 29.2. The predicted octanol–water partition coefficient (Wildman–Crippen LogP) is 9.08. The van der Waals surface area contributed by atoms with Gasteiger partial charge in [-0.25, -0.2) is 0 Å². The lowest BCUT2D eigenvalue weighted by molar-refractivity contribution is -0.220. The largest absolute Gasteiger partial charge is 0.299 e. The number of ketones is 2. The fraction of sp³-hybridized carbons (Fsp3) is 0.703. The van der Waals surface area contributed by atoms with Crippen LogP contribution < -0.4 is 0 Å². The normalized spacial score (nSPS) is 44.4. The van der Waals surface area contributed by atoms with Gasteiger partial charge < -0.3 is 0 Å². The summed E-state index contributed by atoms with van der Waals surface area (Å²) in [5.74, 6) is 2.36. The smallest absolute Gasteiger partial charge is 0.178 e. The van der Waals surface area contributed by atoms with E-state index in [0.29, 0.717) is 23.7 Å². The van der Waals surface area contributed by atoms with Gasteiger partial charge in [0.1, 0.15) is 11.9 Å². The van der Waals surface area contributed by atoms with Crippen molar-refractivity contribution in [1.82, 2.24) is 0 Å². The summed E-state index contributed by atoms with van der Waals surface area (Å²) in [5.41, 5.74) is -0.232. The number of fused-ring (bicyclic) bond motifs is 7. The van der Waals surface area contributed by atoms with E-state index in [0.717, 1.165) is 31.4 Å². The number of carbonyl (C=O) groups excluding carboxylic acids is 2. The van der Waals surface area contributed by atoms with Crippen molar-refractivity contribution in [1.29, 1.82) is 5.26 Å². The lowest BCUT2D eigenvalue weighted by Crippen LogP contribution is -2.68. The molecular formula is C37H49NO2S. The molecule has 0 heterocycles. The highest BCUT2D eigenvalue weighted by atomic mass is 32.2. The van der Waals surface area contributed by atoms with Crippen LogP contribution in [-0.4, -0.2) is 17.3 Å². The van der Waals surface area contributed by atoms with E-state index in [-0.39, 0.29) is 50.6 Å². The number of carbonyl (C=O) groups is 2. The van der Waals surface area contributed by atoms with Crippen LogP contribution in [0.2, 0.25) is 0 Å². The molecule has 5 aliphatic rings. The molecule has 4 heteroatoms. The van der Waals surface area contributed by atoms with Crippen molar-refractivity contribution >= 4 is 23.3 Å². The van der Waals surface area contributed by atoms with Crippen molar-refractivity contribution in [3.05, 3.63) is 42.0 Å². The van der Waals surface area contributed by atoms with E-state index in [4.69, 9.17) is 0 Å². The Balaban J connectivity index is 1.41. The Bertz CT molecular complexity index is 1340. The van der Waals surface area contributed by atoms with Crippen LogP contribution in [0.3, 0.4) is 0 Å². The van der Waals surface area contributed by atoms with Gasteiger partial charge in [0.15, 0.2) is 5.78 Å². The van der Waals surface area contributed by atoms with Gasteiger partial charge in [-0.2, -0.15) is 5.26 Å². The van der Waals surface area contributed by atoms with E-state index in [1.54, 1.807) is 0 Å². The maximum atomic E-state index is 14.7. The summed E-state index contributed by atoms with van der Waals surface area (Å²) in [4.78, 5) is 29.4. The molecule has 41 heavy (non-hydrogen) atoms. The Morgan fingerprint density at radius 2 is 1.56 bits per heavy atom. The third-order valence-corrected chi connectivity index (χ3v) is 15.2. The van der Waals surface area contributed by atoms with Crippen molar-refractivity contribution in [2.24, 2.45) is 56.2 Å². The standard InChI is InChI=1S/C37H49NO2S/c1-32(2)15-17-37(23-41-25-11-9-8-10-12-25)18-16-36(7)30(26(37)21-32)27(39)19-29-34(5)20-24(22-38)31(40)33(3,4)28(34)13-14-35(29,36)6/h8-12,20,26,28-30H,13-19,21,23H2,1-7H3/t26-,28+,29-,30?,34+,35-,36-,37-/m1/s1. The van der Waals surface area contributed by atoms with Crippen LogP contribution in [0.15, 0.2) is 46.9 Å². The summed E-state index contributed by atoms with van der Waals surface area (Å²) < 4.78 is 0. The summed E-state index contributed by atoms with van der Waals surface area (Å²) in [6.45, 7) is 16.2. The first-order valence-corrected chi connectivity index (χ1v) is 17.0. The molecule has 0 bridgehead atoms. The van der Waals surface area contributed by atoms with Crippen LogP contribution in [0.5, 0.6) is 0 Å². The number of rotatable bonds is 3. The van der Waals surface area contributed by atoms with Crippen molar-refractivity contribution in [3.8, 4) is 6.07 Å². The molecule has 0 saturated heterocycles. The first-order chi connectivity index (χ1) is 19.1. The van der Waals surface area contributed by atoms with Gasteiger partial charge in [-0.3, -0.25) is 9.59 Å².